The molecule has 1 aliphatic heterocycles. The second-order valence-corrected chi connectivity index (χ2v) is 12.6. The molecule has 41 heavy (non-hydrogen) atoms. The first kappa shape index (κ1) is 31.1. The van der Waals surface area contributed by atoms with Crippen LogP contribution in [0.25, 0.3) is 0 Å². The van der Waals surface area contributed by atoms with E-state index in [0.717, 1.165) is 54.9 Å². The van der Waals surface area contributed by atoms with Crippen LogP contribution in [0.3, 0.4) is 0 Å². The maximum atomic E-state index is 12.4. The molecule has 0 saturated carbocycles. The minimum atomic E-state index is -1.06. The van der Waals surface area contributed by atoms with Crippen LogP contribution in [0, 0.1) is 25.7 Å². The molecule has 220 valence electrons. The van der Waals surface area contributed by atoms with Crippen molar-refractivity contribution in [2.24, 2.45) is 11.8 Å². The molecule has 3 atom stereocenters. The fourth-order valence-electron chi connectivity index (χ4n) is 5.97. The summed E-state index contributed by atoms with van der Waals surface area (Å²) in [6, 6.07) is 23.3. The van der Waals surface area contributed by atoms with Gasteiger partial charge in [-0.05, 0) is 99.6 Å². The predicted octanol–water partition coefficient (Wildman–Crippen LogP) is 7.16. The highest BCUT2D eigenvalue weighted by atomic mass is 32.2. The number of carbonyl (C=O) groups is 1. The second kappa shape index (κ2) is 13.9. The van der Waals surface area contributed by atoms with Crippen molar-refractivity contribution in [1.82, 2.24) is 4.90 Å². The van der Waals surface area contributed by atoms with Crippen LogP contribution in [0.15, 0.2) is 71.6 Å². The molecule has 1 aliphatic rings. The van der Waals surface area contributed by atoms with E-state index < -0.39 is 11.7 Å². The Bertz CT molecular complexity index is 1270. The van der Waals surface area contributed by atoms with Crippen molar-refractivity contribution in [3.8, 4) is 5.75 Å². The van der Waals surface area contributed by atoms with Crippen LogP contribution in [0.1, 0.15) is 61.1 Å². The highest BCUT2D eigenvalue weighted by Gasteiger charge is 2.38. The molecule has 1 saturated heterocycles. The minimum absolute atomic E-state index is 0.161. The van der Waals surface area contributed by atoms with E-state index in [0.29, 0.717) is 12.5 Å². The lowest BCUT2D eigenvalue weighted by Gasteiger charge is -2.27. The minimum Gasteiger partial charge on any atom is -0.476 e. The lowest BCUT2D eigenvalue weighted by atomic mass is 9.83. The van der Waals surface area contributed by atoms with Gasteiger partial charge in [0.25, 0.3) is 0 Å². The number of aliphatic hydroxyl groups excluding tert-OH is 1. The van der Waals surface area contributed by atoms with Gasteiger partial charge in [-0.15, -0.1) is 11.8 Å². The van der Waals surface area contributed by atoms with Crippen LogP contribution in [0.2, 0.25) is 0 Å². The molecule has 5 nitrogen and oxygen atoms in total. The van der Waals surface area contributed by atoms with Gasteiger partial charge in [-0.3, -0.25) is 4.90 Å². The van der Waals surface area contributed by atoms with Crippen molar-refractivity contribution in [3.05, 3.63) is 94.5 Å². The number of aliphatic hydroxyl groups is 1. The summed E-state index contributed by atoms with van der Waals surface area (Å²) in [5.74, 6) is 0.905. The first-order valence-corrected chi connectivity index (χ1v) is 15.9. The number of likely N-dealkylation sites (tertiary alicyclic amines) is 1. The van der Waals surface area contributed by atoms with Gasteiger partial charge in [0.05, 0.1) is 12.7 Å². The van der Waals surface area contributed by atoms with Crippen molar-refractivity contribution in [2.75, 3.05) is 26.0 Å². The van der Waals surface area contributed by atoms with E-state index in [2.05, 4.69) is 77.9 Å². The maximum Gasteiger partial charge on any atom is 0.349 e. The van der Waals surface area contributed by atoms with E-state index in [1.807, 2.05) is 13.8 Å². The Kier molecular flexibility index (Phi) is 10.6. The van der Waals surface area contributed by atoms with Gasteiger partial charge < -0.3 is 14.6 Å². The van der Waals surface area contributed by atoms with E-state index in [9.17, 15) is 9.90 Å². The Labute approximate surface area is 250 Å². The molecule has 1 heterocycles. The van der Waals surface area contributed by atoms with Gasteiger partial charge in [-0.1, -0.05) is 54.6 Å². The summed E-state index contributed by atoms with van der Waals surface area (Å²) in [7, 11) is 0. The molecule has 6 heteroatoms. The summed E-state index contributed by atoms with van der Waals surface area (Å²) in [5.41, 5.74) is 4.52. The van der Waals surface area contributed by atoms with Crippen molar-refractivity contribution in [3.63, 3.8) is 0 Å². The third-order valence-corrected chi connectivity index (χ3v) is 8.87. The molecule has 0 radical (unpaired) electrons. The van der Waals surface area contributed by atoms with Gasteiger partial charge in [0.1, 0.15) is 5.75 Å². The van der Waals surface area contributed by atoms with Gasteiger partial charge in [-0.2, -0.15) is 0 Å². The third-order valence-electron chi connectivity index (χ3n) is 8.13. The molecule has 1 N–H and O–H groups in total. The lowest BCUT2D eigenvalue weighted by molar-refractivity contribution is -0.158. The first-order valence-electron chi connectivity index (χ1n) is 14.7. The number of benzene rings is 3. The number of esters is 1. The van der Waals surface area contributed by atoms with E-state index in [1.54, 1.807) is 32.5 Å². The zero-order valence-corrected chi connectivity index (χ0v) is 26.2. The predicted molar refractivity (Wildman–Crippen MR) is 167 cm³/mol. The monoisotopic (exact) mass is 575 g/mol. The second-order valence-electron chi connectivity index (χ2n) is 11.8. The Balaban J connectivity index is 1.49. The van der Waals surface area contributed by atoms with Crippen LogP contribution in [-0.4, -0.2) is 47.5 Å². The third kappa shape index (κ3) is 7.94. The van der Waals surface area contributed by atoms with Crippen molar-refractivity contribution in [2.45, 2.75) is 70.6 Å². The Morgan fingerprint density at radius 1 is 1.02 bits per heavy atom. The number of rotatable bonds is 12. The van der Waals surface area contributed by atoms with Crippen LogP contribution in [0.4, 0.5) is 0 Å². The maximum absolute atomic E-state index is 12.4. The normalized spacial score (nSPS) is 18.3. The smallest absolute Gasteiger partial charge is 0.349 e. The van der Waals surface area contributed by atoms with Crippen LogP contribution >= 0.6 is 11.8 Å². The molecule has 3 aromatic carbocycles. The van der Waals surface area contributed by atoms with E-state index >= 15 is 0 Å². The van der Waals surface area contributed by atoms with Crippen LogP contribution in [-0.2, 0) is 22.5 Å². The van der Waals surface area contributed by atoms with Crippen LogP contribution in [0.5, 0.6) is 5.75 Å². The molecule has 3 unspecified atom stereocenters. The number of nitrogens with zero attached hydrogens (tertiary/aromatic N) is 1. The molecule has 4 rings (SSSR count). The number of carbonyl (C=O) groups excluding carboxylic acids is 1. The number of hydrogen-bond acceptors (Lipinski definition) is 6. The Morgan fingerprint density at radius 2 is 1.68 bits per heavy atom. The molecule has 0 spiro atoms. The topological polar surface area (TPSA) is 59.0 Å². The SMILES string of the molecule is CCOC(=O)C(C)(C)Oc1c(C)cc(CCC2CN(Cc3ccccc3)CC2C(O)c2ccc(SC)cc2)cc1C. The summed E-state index contributed by atoms with van der Waals surface area (Å²) in [6.07, 6.45) is 3.48. The van der Waals surface area contributed by atoms with E-state index in [4.69, 9.17) is 9.47 Å². The number of hydrogen-bond donors (Lipinski definition) is 1. The van der Waals surface area contributed by atoms with Crippen molar-refractivity contribution >= 4 is 17.7 Å². The average Bonchev–Trinajstić information content (AvgIpc) is 3.36. The summed E-state index contributed by atoms with van der Waals surface area (Å²) in [5, 5.41) is 11.6. The quantitative estimate of drug-likeness (QED) is 0.183. The average molecular weight is 576 g/mol. The van der Waals surface area contributed by atoms with Gasteiger partial charge >= 0.3 is 5.97 Å². The fraction of sp³-hybridized carbons (Fsp3) is 0.457. The standard InChI is InChI=1S/C35H45NO4S/c1-7-39-34(38)35(4,5)40-33-24(2)19-27(20-25(33)3)13-14-29-22-36(21-26-11-9-8-10-12-26)23-31(29)32(37)28-15-17-30(41-6)18-16-28/h8-12,15-20,29,31-32,37H,7,13-14,21-23H2,1-6H3. The Hall–Kier alpha value is -2.80. The fourth-order valence-corrected chi connectivity index (χ4v) is 6.38. The molecule has 0 aromatic heterocycles. The summed E-state index contributed by atoms with van der Waals surface area (Å²) in [6.45, 7) is 12.4. The number of thioether (sulfide) groups is 1. The Morgan fingerprint density at radius 3 is 2.29 bits per heavy atom. The first-order chi connectivity index (χ1) is 19.6. The highest BCUT2D eigenvalue weighted by molar-refractivity contribution is 7.98. The molecule has 0 bridgehead atoms. The van der Waals surface area contributed by atoms with Gasteiger partial charge in [0, 0.05) is 30.4 Å². The van der Waals surface area contributed by atoms with Gasteiger partial charge in [0.15, 0.2) is 5.60 Å². The number of aryl methyl sites for hydroxylation is 3. The summed E-state index contributed by atoms with van der Waals surface area (Å²) < 4.78 is 11.4. The van der Waals surface area contributed by atoms with E-state index in [1.165, 1.54) is 16.0 Å². The zero-order valence-electron chi connectivity index (χ0n) is 25.4. The summed E-state index contributed by atoms with van der Waals surface area (Å²) >= 11 is 1.72. The number of ether oxygens (including phenoxy) is 2. The summed E-state index contributed by atoms with van der Waals surface area (Å²) in [4.78, 5) is 16.1. The van der Waals surface area contributed by atoms with Gasteiger partial charge in [-0.25, -0.2) is 4.79 Å². The van der Waals surface area contributed by atoms with Crippen molar-refractivity contribution in [1.29, 1.82) is 0 Å². The molecular formula is C35H45NO4S. The highest BCUT2D eigenvalue weighted by Crippen LogP contribution is 2.38. The van der Waals surface area contributed by atoms with Crippen LogP contribution < -0.4 is 4.74 Å². The molecule has 3 aromatic rings. The molecule has 1 fully saturated rings. The largest absolute Gasteiger partial charge is 0.476 e. The molecule has 0 amide bonds. The molecule has 0 aliphatic carbocycles. The molecular weight excluding hydrogens is 530 g/mol. The van der Waals surface area contributed by atoms with E-state index in [-0.39, 0.29) is 11.9 Å². The zero-order chi connectivity index (χ0) is 29.6. The van der Waals surface area contributed by atoms with Gasteiger partial charge in [0.2, 0.25) is 0 Å². The van der Waals surface area contributed by atoms with Crippen molar-refractivity contribution < 1.29 is 19.4 Å². The lowest BCUT2D eigenvalue weighted by Crippen LogP contribution is -2.40.